The van der Waals surface area contributed by atoms with Crippen LogP contribution < -0.4 is 10.6 Å². The Morgan fingerprint density at radius 2 is 1.61 bits per heavy atom. The quantitative estimate of drug-likeness (QED) is 0.589. The molecular formula is C23H22ClN3O. The first kappa shape index (κ1) is 18.5. The van der Waals surface area contributed by atoms with E-state index >= 15 is 0 Å². The first-order valence-electron chi connectivity index (χ1n) is 9.29. The van der Waals surface area contributed by atoms with Crippen molar-refractivity contribution < 1.29 is 4.79 Å². The molecule has 0 spiro atoms. The molecule has 0 bridgehead atoms. The van der Waals surface area contributed by atoms with Gasteiger partial charge in [0.25, 0.3) is 0 Å². The van der Waals surface area contributed by atoms with Crippen LogP contribution in [0.3, 0.4) is 0 Å². The van der Waals surface area contributed by atoms with Gasteiger partial charge in [-0.2, -0.15) is 0 Å². The standard InChI is InChI=1S/C23H22ClN3O/c1-16-7-9-21(12-22(16)24)26-23(28)25-20-10-8-18-14-27(15-19(18)11-20)13-17-5-3-2-4-6-17/h2-12H,13-15H2,1H3,(H2,25,26,28). The van der Waals surface area contributed by atoms with E-state index < -0.39 is 0 Å². The lowest BCUT2D eigenvalue weighted by Gasteiger charge is -2.14. The maximum atomic E-state index is 12.3. The minimum absolute atomic E-state index is 0.279. The van der Waals surface area contributed by atoms with Crippen LogP contribution in [0.2, 0.25) is 5.02 Å². The highest BCUT2D eigenvalue weighted by molar-refractivity contribution is 6.31. The van der Waals surface area contributed by atoms with Crippen LogP contribution in [0.15, 0.2) is 66.7 Å². The highest BCUT2D eigenvalue weighted by Crippen LogP contribution is 2.27. The van der Waals surface area contributed by atoms with Crippen molar-refractivity contribution in [2.45, 2.75) is 26.6 Å². The number of aryl methyl sites for hydroxylation is 1. The van der Waals surface area contributed by atoms with Crippen LogP contribution >= 0.6 is 11.6 Å². The van der Waals surface area contributed by atoms with E-state index in [0.29, 0.717) is 10.7 Å². The van der Waals surface area contributed by atoms with Crippen molar-refractivity contribution in [2.24, 2.45) is 0 Å². The van der Waals surface area contributed by atoms with E-state index in [2.05, 4.69) is 51.9 Å². The molecule has 0 saturated carbocycles. The number of halogens is 1. The van der Waals surface area contributed by atoms with E-state index in [1.54, 1.807) is 6.07 Å². The minimum atomic E-state index is -0.279. The van der Waals surface area contributed by atoms with Gasteiger partial charge in [0.15, 0.2) is 0 Å². The molecule has 1 aliphatic rings. The zero-order valence-corrected chi connectivity index (χ0v) is 16.5. The Morgan fingerprint density at radius 1 is 0.929 bits per heavy atom. The molecule has 4 rings (SSSR count). The highest BCUT2D eigenvalue weighted by Gasteiger charge is 2.19. The number of hydrogen-bond donors (Lipinski definition) is 2. The largest absolute Gasteiger partial charge is 0.323 e. The summed E-state index contributed by atoms with van der Waals surface area (Å²) in [6, 6.07) is 21.8. The van der Waals surface area contributed by atoms with Crippen LogP contribution in [0.25, 0.3) is 0 Å². The Balaban J connectivity index is 1.38. The van der Waals surface area contributed by atoms with Gasteiger partial charge in [0.2, 0.25) is 0 Å². The minimum Gasteiger partial charge on any atom is -0.308 e. The number of urea groups is 1. The average molecular weight is 392 g/mol. The summed E-state index contributed by atoms with van der Waals surface area (Å²) in [6.07, 6.45) is 0. The number of benzene rings is 3. The summed E-state index contributed by atoms with van der Waals surface area (Å²) in [6.45, 7) is 4.66. The van der Waals surface area contributed by atoms with Crippen molar-refractivity contribution in [2.75, 3.05) is 10.6 Å². The van der Waals surface area contributed by atoms with Gasteiger partial charge in [-0.25, -0.2) is 4.79 Å². The van der Waals surface area contributed by atoms with Gasteiger partial charge < -0.3 is 10.6 Å². The first-order valence-corrected chi connectivity index (χ1v) is 9.67. The summed E-state index contributed by atoms with van der Waals surface area (Å²) in [7, 11) is 0. The van der Waals surface area contributed by atoms with E-state index in [0.717, 1.165) is 30.9 Å². The molecule has 0 fully saturated rings. The molecule has 4 nitrogen and oxygen atoms in total. The summed E-state index contributed by atoms with van der Waals surface area (Å²) in [5, 5.41) is 6.36. The van der Waals surface area contributed by atoms with Crippen LogP contribution in [-0.4, -0.2) is 10.9 Å². The number of hydrogen-bond acceptors (Lipinski definition) is 2. The van der Waals surface area contributed by atoms with Gasteiger partial charge >= 0.3 is 6.03 Å². The van der Waals surface area contributed by atoms with Crippen molar-refractivity contribution in [1.82, 2.24) is 4.90 Å². The third kappa shape index (κ3) is 4.35. The van der Waals surface area contributed by atoms with E-state index in [1.807, 2.05) is 31.2 Å². The Hall–Kier alpha value is -2.82. The lowest BCUT2D eigenvalue weighted by molar-refractivity contribution is 0.262. The fourth-order valence-corrected chi connectivity index (χ4v) is 3.64. The molecular weight excluding hydrogens is 370 g/mol. The molecule has 0 saturated heterocycles. The molecule has 0 aromatic heterocycles. The molecule has 28 heavy (non-hydrogen) atoms. The van der Waals surface area contributed by atoms with Gasteiger partial charge in [0, 0.05) is 36.0 Å². The molecule has 0 radical (unpaired) electrons. The number of carbonyl (C=O) groups is 1. The molecule has 2 N–H and O–H groups in total. The van der Waals surface area contributed by atoms with Gasteiger partial charge in [0.1, 0.15) is 0 Å². The number of carbonyl (C=O) groups excluding carboxylic acids is 1. The SMILES string of the molecule is Cc1ccc(NC(=O)Nc2ccc3c(c2)CN(Cc2ccccc2)C3)cc1Cl. The fourth-order valence-electron chi connectivity index (χ4n) is 3.46. The normalized spacial score (nSPS) is 13.2. The molecule has 142 valence electrons. The number of fused-ring (bicyclic) bond motifs is 1. The van der Waals surface area contributed by atoms with Crippen LogP contribution in [-0.2, 0) is 19.6 Å². The lowest BCUT2D eigenvalue weighted by Crippen LogP contribution is -2.19. The van der Waals surface area contributed by atoms with Gasteiger partial charge in [-0.15, -0.1) is 0 Å². The van der Waals surface area contributed by atoms with Crippen molar-refractivity contribution in [3.8, 4) is 0 Å². The molecule has 3 aromatic rings. The molecule has 0 aliphatic carbocycles. The molecule has 3 aromatic carbocycles. The topological polar surface area (TPSA) is 44.4 Å². The molecule has 0 unspecified atom stereocenters. The number of anilines is 2. The summed E-state index contributed by atoms with van der Waals surface area (Å²) in [5.41, 5.74) is 6.31. The Morgan fingerprint density at radius 3 is 2.36 bits per heavy atom. The van der Waals surface area contributed by atoms with Gasteiger partial charge in [-0.1, -0.05) is 54.1 Å². The molecule has 1 aliphatic heterocycles. The zero-order valence-electron chi connectivity index (χ0n) is 15.7. The Labute approximate surface area is 170 Å². The van der Waals surface area contributed by atoms with Crippen molar-refractivity contribution in [3.63, 3.8) is 0 Å². The summed E-state index contributed by atoms with van der Waals surface area (Å²) >= 11 is 6.12. The maximum Gasteiger partial charge on any atom is 0.323 e. The van der Waals surface area contributed by atoms with Gasteiger partial charge in [-0.05, 0) is 53.4 Å². The Bertz CT molecular complexity index is 1000. The second-order valence-electron chi connectivity index (χ2n) is 7.16. The van der Waals surface area contributed by atoms with Gasteiger partial charge in [0.05, 0.1) is 0 Å². The lowest BCUT2D eigenvalue weighted by atomic mass is 10.1. The average Bonchev–Trinajstić information content (AvgIpc) is 3.07. The van der Waals surface area contributed by atoms with Crippen molar-refractivity contribution in [1.29, 1.82) is 0 Å². The number of amides is 2. The second kappa shape index (κ2) is 8.05. The van der Waals surface area contributed by atoms with E-state index in [4.69, 9.17) is 11.6 Å². The third-order valence-corrected chi connectivity index (χ3v) is 5.34. The van der Waals surface area contributed by atoms with E-state index in [-0.39, 0.29) is 6.03 Å². The summed E-state index contributed by atoms with van der Waals surface area (Å²) < 4.78 is 0. The summed E-state index contributed by atoms with van der Waals surface area (Å²) in [5.74, 6) is 0. The van der Waals surface area contributed by atoms with Crippen molar-refractivity contribution >= 4 is 29.0 Å². The zero-order chi connectivity index (χ0) is 19.5. The van der Waals surface area contributed by atoms with E-state index in [1.165, 1.54) is 16.7 Å². The molecule has 1 heterocycles. The Kier molecular flexibility index (Phi) is 5.33. The number of nitrogens with one attached hydrogen (secondary N) is 2. The number of rotatable bonds is 4. The predicted octanol–water partition coefficient (Wildman–Crippen LogP) is 5.81. The molecule has 2 amide bonds. The molecule has 5 heteroatoms. The van der Waals surface area contributed by atoms with Crippen LogP contribution in [0.4, 0.5) is 16.2 Å². The molecule has 0 atom stereocenters. The first-order chi connectivity index (χ1) is 13.6. The highest BCUT2D eigenvalue weighted by atomic mass is 35.5. The summed E-state index contributed by atoms with van der Waals surface area (Å²) in [4.78, 5) is 14.7. The predicted molar refractivity (Wildman–Crippen MR) is 115 cm³/mol. The second-order valence-corrected chi connectivity index (χ2v) is 7.56. The fraction of sp³-hybridized carbons (Fsp3) is 0.174. The number of nitrogens with zero attached hydrogens (tertiary/aromatic N) is 1. The van der Waals surface area contributed by atoms with Gasteiger partial charge in [-0.3, -0.25) is 4.90 Å². The van der Waals surface area contributed by atoms with Crippen LogP contribution in [0.1, 0.15) is 22.3 Å². The van der Waals surface area contributed by atoms with Crippen LogP contribution in [0, 0.1) is 6.92 Å². The van der Waals surface area contributed by atoms with Crippen molar-refractivity contribution in [3.05, 3.63) is 94.0 Å². The third-order valence-electron chi connectivity index (χ3n) is 4.93. The monoisotopic (exact) mass is 391 g/mol. The maximum absolute atomic E-state index is 12.3. The van der Waals surface area contributed by atoms with Crippen LogP contribution in [0.5, 0.6) is 0 Å². The van der Waals surface area contributed by atoms with E-state index in [9.17, 15) is 4.79 Å². The smallest absolute Gasteiger partial charge is 0.308 e.